The molecule has 156 valence electrons. The SMILES string of the molecule is CC1(C)c2ccccc2-c2c(C(=O)c3cccc4c3-c3ccccc3C4(C)C)cccc21. The van der Waals surface area contributed by atoms with Gasteiger partial charge in [0.05, 0.1) is 0 Å². The van der Waals surface area contributed by atoms with E-state index >= 15 is 0 Å². The van der Waals surface area contributed by atoms with Gasteiger partial charge in [0, 0.05) is 22.0 Å². The van der Waals surface area contributed by atoms with Gasteiger partial charge in [-0.1, -0.05) is 113 Å². The molecule has 6 rings (SSSR count). The summed E-state index contributed by atoms with van der Waals surface area (Å²) in [7, 11) is 0. The average molecular weight is 415 g/mol. The smallest absolute Gasteiger partial charge is 0.194 e. The van der Waals surface area contributed by atoms with Crippen LogP contribution < -0.4 is 0 Å². The van der Waals surface area contributed by atoms with Crippen LogP contribution in [0, 0.1) is 0 Å². The first kappa shape index (κ1) is 19.3. The van der Waals surface area contributed by atoms with Crippen LogP contribution in [0.1, 0.15) is 65.9 Å². The van der Waals surface area contributed by atoms with Crippen LogP contribution in [0.25, 0.3) is 22.3 Å². The summed E-state index contributed by atoms with van der Waals surface area (Å²) in [5.74, 6) is 0.110. The third-order valence-corrected chi connectivity index (χ3v) is 7.70. The van der Waals surface area contributed by atoms with E-state index in [-0.39, 0.29) is 16.6 Å². The van der Waals surface area contributed by atoms with Crippen molar-refractivity contribution in [2.45, 2.75) is 38.5 Å². The maximum atomic E-state index is 14.2. The van der Waals surface area contributed by atoms with Gasteiger partial charge >= 0.3 is 0 Å². The van der Waals surface area contributed by atoms with Gasteiger partial charge in [-0.25, -0.2) is 0 Å². The van der Waals surface area contributed by atoms with E-state index in [0.29, 0.717) is 0 Å². The Labute approximate surface area is 189 Å². The Morgan fingerprint density at radius 1 is 0.500 bits per heavy atom. The van der Waals surface area contributed by atoms with Gasteiger partial charge in [-0.3, -0.25) is 4.79 Å². The van der Waals surface area contributed by atoms with E-state index in [1.54, 1.807) is 0 Å². The van der Waals surface area contributed by atoms with Gasteiger partial charge < -0.3 is 0 Å². The second kappa shape index (κ2) is 6.29. The third kappa shape index (κ3) is 2.31. The summed E-state index contributed by atoms with van der Waals surface area (Å²) in [5.41, 5.74) is 11.0. The second-order valence-electron chi connectivity index (χ2n) is 10.1. The molecule has 0 amide bonds. The summed E-state index contributed by atoms with van der Waals surface area (Å²) >= 11 is 0. The van der Waals surface area contributed by atoms with Gasteiger partial charge in [-0.2, -0.15) is 0 Å². The predicted molar refractivity (Wildman–Crippen MR) is 131 cm³/mol. The lowest BCUT2D eigenvalue weighted by molar-refractivity contribution is 0.104. The van der Waals surface area contributed by atoms with Crippen LogP contribution in [0.5, 0.6) is 0 Å². The summed E-state index contributed by atoms with van der Waals surface area (Å²) in [4.78, 5) is 14.2. The molecule has 0 bridgehead atoms. The predicted octanol–water partition coefficient (Wildman–Crippen LogP) is 7.53. The Morgan fingerprint density at radius 2 is 0.875 bits per heavy atom. The zero-order chi connectivity index (χ0) is 22.3. The van der Waals surface area contributed by atoms with Crippen molar-refractivity contribution in [2.24, 2.45) is 0 Å². The first-order valence-corrected chi connectivity index (χ1v) is 11.3. The van der Waals surface area contributed by atoms with Crippen molar-refractivity contribution in [1.29, 1.82) is 0 Å². The lowest BCUT2D eigenvalue weighted by Crippen LogP contribution is -2.16. The van der Waals surface area contributed by atoms with Crippen LogP contribution in [0.2, 0.25) is 0 Å². The number of hydrogen-bond donors (Lipinski definition) is 0. The minimum atomic E-state index is -0.116. The first-order valence-electron chi connectivity index (χ1n) is 11.3. The van der Waals surface area contributed by atoms with Gasteiger partial charge in [0.25, 0.3) is 0 Å². The number of benzene rings is 4. The molecule has 1 heteroatoms. The molecule has 0 atom stereocenters. The fraction of sp³-hybridized carbons (Fsp3) is 0.194. The van der Waals surface area contributed by atoms with E-state index in [9.17, 15) is 4.79 Å². The van der Waals surface area contributed by atoms with Crippen molar-refractivity contribution in [3.05, 3.63) is 118 Å². The minimum absolute atomic E-state index is 0.110. The topological polar surface area (TPSA) is 17.1 Å². The largest absolute Gasteiger partial charge is 0.289 e. The molecule has 2 aliphatic rings. The maximum absolute atomic E-state index is 14.2. The van der Waals surface area contributed by atoms with Gasteiger partial charge in [0.1, 0.15) is 0 Å². The van der Waals surface area contributed by atoms with Crippen molar-refractivity contribution in [1.82, 2.24) is 0 Å². The second-order valence-corrected chi connectivity index (χ2v) is 10.1. The number of carbonyl (C=O) groups is 1. The maximum Gasteiger partial charge on any atom is 0.194 e. The molecule has 0 radical (unpaired) electrons. The van der Waals surface area contributed by atoms with Crippen LogP contribution in [-0.2, 0) is 10.8 Å². The summed E-state index contributed by atoms with van der Waals surface area (Å²) in [6.07, 6.45) is 0. The molecule has 1 nitrogen and oxygen atoms in total. The van der Waals surface area contributed by atoms with Gasteiger partial charge in [-0.15, -0.1) is 0 Å². The summed E-state index contributed by atoms with van der Waals surface area (Å²) in [6, 6.07) is 29.5. The van der Waals surface area contributed by atoms with Crippen molar-refractivity contribution >= 4 is 5.78 Å². The average Bonchev–Trinajstić information content (AvgIpc) is 3.19. The van der Waals surface area contributed by atoms with E-state index < -0.39 is 0 Å². The zero-order valence-electron chi connectivity index (χ0n) is 19.0. The summed E-state index contributed by atoms with van der Waals surface area (Å²) in [6.45, 7) is 9.02. The molecular weight excluding hydrogens is 388 g/mol. The Hall–Kier alpha value is -3.45. The quantitative estimate of drug-likeness (QED) is 0.310. The molecular formula is C31H26O. The van der Waals surface area contributed by atoms with Crippen LogP contribution in [0.3, 0.4) is 0 Å². The normalized spacial score (nSPS) is 16.1. The summed E-state index contributed by atoms with van der Waals surface area (Å²) < 4.78 is 0. The molecule has 4 aromatic rings. The van der Waals surface area contributed by atoms with Crippen molar-refractivity contribution < 1.29 is 4.79 Å². The number of carbonyl (C=O) groups excluding carboxylic acids is 1. The van der Waals surface area contributed by atoms with Crippen LogP contribution in [-0.4, -0.2) is 5.78 Å². The molecule has 2 aliphatic carbocycles. The van der Waals surface area contributed by atoms with Crippen molar-refractivity contribution in [3.8, 4) is 22.3 Å². The number of rotatable bonds is 2. The highest BCUT2D eigenvalue weighted by atomic mass is 16.1. The molecule has 0 aliphatic heterocycles. The van der Waals surface area contributed by atoms with E-state index in [1.165, 1.54) is 33.4 Å². The highest BCUT2D eigenvalue weighted by Gasteiger charge is 2.40. The highest BCUT2D eigenvalue weighted by molar-refractivity contribution is 6.18. The summed E-state index contributed by atoms with van der Waals surface area (Å²) in [5, 5.41) is 0. The van der Waals surface area contributed by atoms with Crippen molar-refractivity contribution in [2.75, 3.05) is 0 Å². The lowest BCUT2D eigenvalue weighted by Gasteiger charge is -2.22. The highest BCUT2D eigenvalue weighted by Crippen LogP contribution is 2.52. The van der Waals surface area contributed by atoms with Crippen molar-refractivity contribution in [3.63, 3.8) is 0 Å². The molecule has 0 saturated heterocycles. The molecule has 32 heavy (non-hydrogen) atoms. The fourth-order valence-corrected chi connectivity index (χ4v) is 6.03. The first-order chi connectivity index (χ1) is 15.3. The third-order valence-electron chi connectivity index (χ3n) is 7.70. The Balaban J connectivity index is 1.61. The molecule has 0 N–H and O–H groups in total. The van der Waals surface area contributed by atoms with Gasteiger partial charge in [-0.05, 0) is 44.5 Å². The van der Waals surface area contributed by atoms with Gasteiger partial charge in [0.15, 0.2) is 5.78 Å². The number of hydrogen-bond acceptors (Lipinski definition) is 1. The zero-order valence-corrected chi connectivity index (χ0v) is 19.0. The van der Waals surface area contributed by atoms with Crippen LogP contribution in [0.4, 0.5) is 0 Å². The molecule has 0 unspecified atom stereocenters. The molecule has 0 spiro atoms. The molecule has 0 fully saturated rings. The lowest BCUT2D eigenvalue weighted by atomic mass is 9.81. The Kier molecular flexibility index (Phi) is 3.79. The number of ketones is 1. The standard InChI is InChI=1S/C31H26O/c1-30(2)23-15-7-5-11-19(23)27-21(13-9-17-25(27)30)29(32)22-14-10-18-26-28(22)20-12-6-8-16-24(20)31(26,3)4/h5-18H,1-4H3. The monoisotopic (exact) mass is 414 g/mol. The minimum Gasteiger partial charge on any atom is -0.289 e. The van der Waals surface area contributed by atoms with E-state index in [4.69, 9.17) is 0 Å². The molecule has 4 aromatic carbocycles. The van der Waals surface area contributed by atoms with Crippen LogP contribution in [0.15, 0.2) is 84.9 Å². The van der Waals surface area contributed by atoms with E-state index in [1.807, 2.05) is 24.3 Å². The Bertz CT molecular complexity index is 1330. The van der Waals surface area contributed by atoms with Gasteiger partial charge in [0.2, 0.25) is 0 Å². The Morgan fingerprint density at radius 3 is 1.31 bits per heavy atom. The fourth-order valence-electron chi connectivity index (χ4n) is 6.03. The molecule has 0 aromatic heterocycles. The number of fused-ring (bicyclic) bond motifs is 6. The molecule has 0 heterocycles. The van der Waals surface area contributed by atoms with Crippen LogP contribution >= 0.6 is 0 Å². The molecule has 0 saturated carbocycles. The van der Waals surface area contributed by atoms with E-state index in [0.717, 1.165) is 22.3 Å². The van der Waals surface area contributed by atoms with E-state index in [2.05, 4.69) is 88.4 Å².